The second-order valence-electron chi connectivity index (χ2n) is 3.11. The number of carbonyl (C=O) groups excluding carboxylic acids is 1. The van der Waals surface area contributed by atoms with Gasteiger partial charge in [0.2, 0.25) is 0 Å². The van der Waals surface area contributed by atoms with E-state index in [4.69, 9.17) is 9.47 Å². The van der Waals surface area contributed by atoms with Crippen LogP contribution in [0.4, 0.5) is 4.79 Å². The maximum atomic E-state index is 11.0. The molecule has 0 radical (unpaired) electrons. The quantitative estimate of drug-likeness (QED) is 0.766. The van der Waals surface area contributed by atoms with Gasteiger partial charge in [0.05, 0.1) is 0 Å². The Balaban J connectivity index is 2.20. The van der Waals surface area contributed by atoms with Gasteiger partial charge in [0.15, 0.2) is 0 Å². The van der Waals surface area contributed by atoms with Crippen molar-refractivity contribution in [1.29, 1.82) is 0 Å². The van der Waals surface area contributed by atoms with Gasteiger partial charge in [-0.3, -0.25) is 0 Å². The average Bonchev–Trinajstić information content (AvgIpc) is 2.25. The number of fused-ring (bicyclic) bond motifs is 1. The van der Waals surface area contributed by atoms with Crippen molar-refractivity contribution < 1.29 is 14.3 Å². The SMILES string of the molecule is C=CCOc1ccc2c(c1)OC(=O)NC2. The Kier molecular flexibility index (Phi) is 2.58. The average molecular weight is 205 g/mol. The third kappa shape index (κ3) is 2.10. The number of carbonyl (C=O) groups is 1. The summed E-state index contributed by atoms with van der Waals surface area (Å²) in [5.41, 5.74) is 0.945. The number of ether oxygens (including phenoxy) is 2. The van der Waals surface area contributed by atoms with E-state index in [0.717, 1.165) is 5.56 Å². The van der Waals surface area contributed by atoms with E-state index in [-0.39, 0.29) is 0 Å². The molecule has 0 aliphatic carbocycles. The molecule has 1 amide bonds. The smallest absolute Gasteiger partial charge is 0.412 e. The van der Waals surface area contributed by atoms with Crippen molar-refractivity contribution in [3.8, 4) is 11.5 Å². The molecule has 0 saturated heterocycles. The molecule has 15 heavy (non-hydrogen) atoms. The Labute approximate surface area is 87.5 Å². The van der Waals surface area contributed by atoms with Crippen molar-refractivity contribution in [1.82, 2.24) is 5.32 Å². The van der Waals surface area contributed by atoms with Crippen LogP contribution < -0.4 is 14.8 Å². The number of hydrogen-bond donors (Lipinski definition) is 1. The van der Waals surface area contributed by atoms with Crippen molar-refractivity contribution in [2.24, 2.45) is 0 Å². The summed E-state index contributed by atoms with van der Waals surface area (Å²) >= 11 is 0. The lowest BCUT2D eigenvalue weighted by Crippen LogP contribution is -2.31. The summed E-state index contributed by atoms with van der Waals surface area (Å²) in [5, 5.41) is 2.58. The van der Waals surface area contributed by atoms with Gasteiger partial charge in [0.25, 0.3) is 0 Å². The van der Waals surface area contributed by atoms with Crippen LogP contribution in [0.3, 0.4) is 0 Å². The van der Waals surface area contributed by atoms with E-state index in [1.165, 1.54) is 0 Å². The minimum atomic E-state index is -0.427. The predicted molar refractivity (Wildman–Crippen MR) is 55.0 cm³/mol. The van der Waals surface area contributed by atoms with Crippen LogP contribution in [0.1, 0.15) is 5.56 Å². The molecule has 1 aromatic carbocycles. The van der Waals surface area contributed by atoms with E-state index in [1.807, 2.05) is 12.1 Å². The molecule has 0 bridgehead atoms. The van der Waals surface area contributed by atoms with Gasteiger partial charge >= 0.3 is 6.09 Å². The van der Waals surface area contributed by atoms with Crippen molar-refractivity contribution in [3.63, 3.8) is 0 Å². The number of rotatable bonds is 3. The molecule has 4 nitrogen and oxygen atoms in total. The Morgan fingerprint density at radius 1 is 1.60 bits per heavy atom. The lowest BCUT2D eigenvalue weighted by molar-refractivity contribution is 0.194. The number of nitrogens with one attached hydrogen (secondary N) is 1. The molecule has 0 atom stereocenters. The lowest BCUT2D eigenvalue weighted by atomic mass is 10.2. The molecule has 78 valence electrons. The highest BCUT2D eigenvalue weighted by molar-refractivity contribution is 5.73. The zero-order chi connectivity index (χ0) is 10.7. The molecular formula is C11H11NO3. The molecule has 1 aliphatic rings. The fourth-order valence-electron chi connectivity index (χ4n) is 1.32. The monoisotopic (exact) mass is 205 g/mol. The van der Waals surface area contributed by atoms with Gasteiger partial charge in [-0.25, -0.2) is 4.79 Å². The molecule has 0 saturated carbocycles. The first-order valence-corrected chi connectivity index (χ1v) is 4.62. The summed E-state index contributed by atoms with van der Waals surface area (Å²) in [6.07, 6.45) is 1.23. The van der Waals surface area contributed by atoms with Gasteiger partial charge < -0.3 is 14.8 Å². The van der Waals surface area contributed by atoms with E-state index in [2.05, 4.69) is 11.9 Å². The Morgan fingerprint density at radius 2 is 2.47 bits per heavy atom. The maximum Gasteiger partial charge on any atom is 0.412 e. The summed E-state index contributed by atoms with van der Waals surface area (Å²) in [7, 11) is 0. The predicted octanol–water partition coefficient (Wildman–Crippen LogP) is 1.85. The number of amides is 1. The normalized spacial score (nSPS) is 13.5. The van der Waals surface area contributed by atoms with Crippen molar-refractivity contribution in [2.45, 2.75) is 6.54 Å². The number of benzene rings is 1. The van der Waals surface area contributed by atoms with Gasteiger partial charge in [-0.05, 0) is 12.1 Å². The molecule has 1 aromatic rings. The van der Waals surface area contributed by atoms with Crippen molar-refractivity contribution in [2.75, 3.05) is 6.61 Å². The highest BCUT2D eigenvalue weighted by Crippen LogP contribution is 2.27. The first kappa shape index (κ1) is 9.58. The molecule has 1 N–H and O–H groups in total. The summed E-state index contributed by atoms with van der Waals surface area (Å²) in [5.74, 6) is 1.23. The highest BCUT2D eigenvalue weighted by Gasteiger charge is 2.16. The van der Waals surface area contributed by atoms with Gasteiger partial charge in [0, 0.05) is 18.2 Å². The van der Waals surface area contributed by atoms with Crippen LogP contribution in [0.15, 0.2) is 30.9 Å². The van der Waals surface area contributed by atoms with E-state index in [1.54, 1.807) is 12.1 Å². The van der Waals surface area contributed by atoms with Gasteiger partial charge in [-0.2, -0.15) is 0 Å². The molecule has 1 aliphatic heterocycles. The zero-order valence-corrected chi connectivity index (χ0v) is 8.16. The molecule has 1 heterocycles. The third-order valence-corrected chi connectivity index (χ3v) is 2.03. The minimum Gasteiger partial charge on any atom is -0.489 e. The largest absolute Gasteiger partial charge is 0.489 e. The summed E-state index contributed by atoms with van der Waals surface area (Å²) in [6, 6.07) is 5.41. The van der Waals surface area contributed by atoms with Crippen LogP contribution in [0.5, 0.6) is 11.5 Å². The first-order valence-electron chi connectivity index (χ1n) is 4.62. The van der Waals surface area contributed by atoms with E-state index >= 15 is 0 Å². The maximum absolute atomic E-state index is 11.0. The third-order valence-electron chi connectivity index (χ3n) is 2.03. The van der Waals surface area contributed by atoms with E-state index in [0.29, 0.717) is 24.7 Å². The van der Waals surface area contributed by atoms with E-state index in [9.17, 15) is 4.79 Å². The first-order chi connectivity index (χ1) is 7.29. The fourth-order valence-corrected chi connectivity index (χ4v) is 1.32. The van der Waals surface area contributed by atoms with Crippen LogP contribution in [0.2, 0.25) is 0 Å². The van der Waals surface area contributed by atoms with Crippen LogP contribution in [0, 0.1) is 0 Å². The molecule has 0 unspecified atom stereocenters. The van der Waals surface area contributed by atoms with Crippen LogP contribution in [-0.2, 0) is 6.54 Å². The van der Waals surface area contributed by atoms with Crippen LogP contribution in [-0.4, -0.2) is 12.7 Å². The Bertz CT molecular complexity index is 401. The zero-order valence-electron chi connectivity index (χ0n) is 8.16. The summed E-state index contributed by atoms with van der Waals surface area (Å²) < 4.78 is 10.3. The number of hydrogen-bond acceptors (Lipinski definition) is 3. The van der Waals surface area contributed by atoms with Crippen molar-refractivity contribution >= 4 is 6.09 Å². The molecule has 0 fully saturated rings. The van der Waals surface area contributed by atoms with Gasteiger partial charge in [0.1, 0.15) is 18.1 Å². The van der Waals surface area contributed by atoms with Crippen LogP contribution in [0.25, 0.3) is 0 Å². The standard InChI is InChI=1S/C11H11NO3/c1-2-5-14-9-4-3-8-7-12-11(13)15-10(8)6-9/h2-4,6H,1,5,7H2,(H,12,13). The topological polar surface area (TPSA) is 47.6 Å². The minimum absolute atomic E-state index is 0.427. The summed E-state index contributed by atoms with van der Waals surface area (Å²) in [4.78, 5) is 11.0. The van der Waals surface area contributed by atoms with Gasteiger partial charge in [-0.15, -0.1) is 0 Å². The fraction of sp³-hybridized carbons (Fsp3) is 0.182. The molecule has 0 spiro atoms. The van der Waals surface area contributed by atoms with Gasteiger partial charge in [-0.1, -0.05) is 12.7 Å². The lowest BCUT2D eigenvalue weighted by Gasteiger charge is -2.17. The van der Waals surface area contributed by atoms with Crippen LogP contribution >= 0.6 is 0 Å². The Hall–Kier alpha value is -1.97. The highest BCUT2D eigenvalue weighted by atomic mass is 16.6. The second kappa shape index (κ2) is 4.04. The second-order valence-corrected chi connectivity index (χ2v) is 3.11. The van der Waals surface area contributed by atoms with E-state index < -0.39 is 6.09 Å². The molecular weight excluding hydrogens is 194 g/mol. The summed E-state index contributed by atoms with van der Waals surface area (Å²) in [6.45, 7) is 4.49. The molecule has 2 rings (SSSR count). The molecule has 4 heteroatoms. The van der Waals surface area contributed by atoms with Crippen molar-refractivity contribution in [3.05, 3.63) is 36.4 Å². The molecule has 0 aromatic heterocycles. The Morgan fingerprint density at radius 3 is 3.27 bits per heavy atom.